The van der Waals surface area contributed by atoms with Crippen LogP contribution in [0.3, 0.4) is 0 Å². The summed E-state index contributed by atoms with van der Waals surface area (Å²) >= 11 is 0. The number of hydrogen-bond donors (Lipinski definition) is 0. The first-order valence-electron chi connectivity index (χ1n) is 4.96. The van der Waals surface area contributed by atoms with Crippen LogP contribution < -0.4 is 0 Å². The van der Waals surface area contributed by atoms with Crippen molar-refractivity contribution in [3.05, 3.63) is 10.1 Å². The molecule has 4 nitrogen and oxygen atoms in total. The first-order valence-corrected chi connectivity index (χ1v) is 4.96. The molecule has 14 heavy (non-hydrogen) atoms. The Morgan fingerprint density at radius 1 is 1.29 bits per heavy atom. The van der Waals surface area contributed by atoms with Gasteiger partial charge in [-0.25, -0.2) is 0 Å². The topological polar surface area (TPSA) is 60.2 Å². The van der Waals surface area contributed by atoms with Crippen LogP contribution in [0.5, 0.6) is 0 Å². The summed E-state index contributed by atoms with van der Waals surface area (Å²) in [6, 6.07) is 0. The standard InChI is InChI=1S/C10H15NO3/c1-8(2)9(3)4-5-10(8,11(13)14)6-7(9)12/h4-6H2,1-3H3. The lowest BCUT2D eigenvalue weighted by atomic mass is 9.69. The SMILES string of the molecule is CC12CCC([N+](=O)[O-])(CC1=O)C2(C)C. The van der Waals surface area contributed by atoms with Gasteiger partial charge in [0.1, 0.15) is 5.78 Å². The molecule has 2 fully saturated rings. The monoisotopic (exact) mass is 197 g/mol. The van der Waals surface area contributed by atoms with Crippen LogP contribution in [0, 0.1) is 20.9 Å². The molecule has 4 heteroatoms. The van der Waals surface area contributed by atoms with Crippen LogP contribution in [0.25, 0.3) is 0 Å². The predicted molar refractivity (Wildman–Crippen MR) is 50.5 cm³/mol. The summed E-state index contributed by atoms with van der Waals surface area (Å²) in [6.45, 7) is 5.62. The quantitative estimate of drug-likeness (QED) is 0.475. The van der Waals surface area contributed by atoms with Crippen LogP contribution in [-0.2, 0) is 4.79 Å². The van der Waals surface area contributed by atoms with Gasteiger partial charge in [-0.1, -0.05) is 20.8 Å². The van der Waals surface area contributed by atoms with E-state index in [0.29, 0.717) is 12.8 Å². The second-order valence-electron chi connectivity index (χ2n) is 5.35. The molecule has 0 aliphatic heterocycles. The smallest absolute Gasteiger partial charge is 0.235 e. The summed E-state index contributed by atoms with van der Waals surface area (Å²) in [5.74, 6) is 0.0745. The first-order chi connectivity index (χ1) is 6.28. The lowest BCUT2D eigenvalue weighted by Crippen LogP contribution is -2.46. The fraction of sp³-hybridized carbons (Fsp3) is 0.900. The molecule has 0 saturated heterocycles. The van der Waals surface area contributed by atoms with E-state index in [1.54, 1.807) is 0 Å². The normalized spacial score (nSPS) is 44.4. The molecule has 0 radical (unpaired) electrons. The molecule has 2 aliphatic carbocycles. The third-order valence-electron chi connectivity index (χ3n) is 5.00. The maximum atomic E-state index is 11.8. The van der Waals surface area contributed by atoms with Crippen molar-refractivity contribution in [2.75, 3.05) is 0 Å². The summed E-state index contributed by atoms with van der Waals surface area (Å²) < 4.78 is 0. The third-order valence-corrected chi connectivity index (χ3v) is 5.00. The molecule has 0 aromatic heterocycles. The highest BCUT2D eigenvalue weighted by Gasteiger charge is 2.76. The first kappa shape index (κ1) is 9.62. The van der Waals surface area contributed by atoms with Gasteiger partial charge in [0.15, 0.2) is 0 Å². The zero-order chi connectivity index (χ0) is 10.8. The van der Waals surface area contributed by atoms with Crippen LogP contribution in [0.1, 0.15) is 40.0 Å². The molecular formula is C10H15NO3. The molecule has 2 atom stereocenters. The van der Waals surface area contributed by atoms with Gasteiger partial charge >= 0.3 is 0 Å². The lowest BCUT2D eigenvalue weighted by molar-refractivity contribution is -0.583. The average Bonchev–Trinajstić information content (AvgIpc) is 2.34. The summed E-state index contributed by atoms with van der Waals surface area (Å²) in [5.41, 5.74) is -1.96. The maximum Gasteiger partial charge on any atom is 0.235 e. The zero-order valence-electron chi connectivity index (χ0n) is 8.79. The van der Waals surface area contributed by atoms with Crippen molar-refractivity contribution in [1.29, 1.82) is 0 Å². The highest BCUT2D eigenvalue weighted by Crippen LogP contribution is 2.66. The minimum atomic E-state index is -0.987. The van der Waals surface area contributed by atoms with Gasteiger partial charge in [-0.15, -0.1) is 0 Å². The number of carbonyl (C=O) groups excluding carboxylic acids is 1. The number of Topliss-reactive ketones (excluding diaryl/α,β-unsaturated/α-hetero) is 1. The Morgan fingerprint density at radius 3 is 2.07 bits per heavy atom. The second-order valence-corrected chi connectivity index (χ2v) is 5.35. The Morgan fingerprint density at radius 2 is 1.86 bits per heavy atom. The molecular weight excluding hydrogens is 182 g/mol. The van der Waals surface area contributed by atoms with Crippen molar-refractivity contribution in [2.45, 2.75) is 45.6 Å². The Hall–Kier alpha value is -0.930. The Balaban J connectivity index is 2.60. The number of nitro groups is 1. The van der Waals surface area contributed by atoms with Gasteiger partial charge in [0.25, 0.3) is 0 Å². The van der Waals surface area contributed by atoms with Gasteiger partial charge in [0.05, 0.1) is 6.42 Å². The minimum Gasteiger partial charge on any atom is -0.299 e. The fourth-order valence-electron chi connectivity index (χ4n) is 3.24. The summed E-state index contributed by atoms with van der Waals surface area (Å²) in [6.07, 6.45) is 1.35. The number of nitrogens with zero attached hydrogens (tertiary/aromatic N) is 1. The lowest BCUT2D eigenvalue weighted by Gasteiger charge is -2.33. The van der Waals surface area contributed by atoms with Crippen molar-refractivity contribution in [1.82, 2.24) is 0 Å². The van der Waals surface area contributed by atoms with Crippen LogP contribution in [-0.4, -0.2) is 16.2 Å². The predicted octanol–water partition coefficient (Wildman–Crippen LogP) is 1.80. The van der Waals surface area contributed by atoms with Crippen molar-refractivity contribution < 1.29 is 9.72 Å². The number of hydrogen-bond acceptors (Lipinski definition) is 3. The van der Waals surface area contributed by atoms with Gasteiger partial charge in [0, 0.05) is 22.2 Å². The molecule has 0 aromatic carbocycles. The maximum absolute atomic E-state index is 11.8. The fourth-order valence-corrected chi connectivity index (χ4v) is 3.24. The van der Waals surface area contributed by atoms with Crippen molar-refractivity contribution >= 4 is 5.78 Å². The molecule has 0 spiro atoms. The number of fused-ring (bicyclic) bond motifs is 2. The van der Waals surface area contributed by atoms with Crippen molar-refractivity contribution in [2.24, 2.45) is 10.8 Å². The van der Waals surface area contributed by atoms with Crippen LogP contribution in [0.2, 0.25) is 0 Å². The highest BCUT2D eigenvalue weighted by atomic mass is 16.6. The van der Waals surface area contributed by atoms with E-state index in [1.165, 1.54) is 0 Å². The van der Waals surface area contributed by atoms with E-state index in [4.69, 9.17) is 0 Å². The van der Waals surface area contributed by atoms with E-state index in [9.17, 15) is 14.9 Å². The number of carbonyl (C=O) groups is 1. The van der Waals surface area contributed by atoms with Gasteiger partial charge < -0.3 is 0 Å². The van der Waals surface area contributed by atoms with E-state index in [-0.39, 0.29) is 17.1 Å². The van der Waals surface area contributed by atoms with Gasteiger partial charge in [-0.05, 0) is 6.42 Å². The van der Waals surface area contributed by atoms with Crippen LogP contribution in [0.15, 0.2) is 0 Å². The molecule has 2 saturated carbocycles. The van der Waals surface area contributed by atoms with E-state index < -0.39 is 16.4 Å². The zero-order valence-corrected chi connectivity index (χ0v) is 8.79. The highest BCUT2D eigenvalue weighted by molar-refractivity contribution is 5.90. The molecule has 0 heterocycles. The Bertz CT molecular complexity index is 336. The van der Waals surface area contributed by atoms with Gasteiger partial charge in [-0.2, -0.15) is 0 Å². The third kappa shape index (κ3) is 0.666. The van der Waals surface area contributed by atoms with E-state index in [1.807, 2.05) is 20.8 Å². The van der Waals surface area contributed by atoms with E-state index in [0.717, 1.165) is 0 Å². The van der Waals surface area contributed by atoms with E-state index >= 15 is 0 Å². The summed E-state index contributed by atoms with van der Waals surface area (Å²) in [7, 11) is 0. The molecule has 0 N–H and O–H groups in total. The molecule has 2 rings (SSSR count). The van der Waals surface area contributed by atoms with Crippen molar-refractivity contribution in [3.63, 3.8) is 0 Å². The average molecular weight is 197 g/mol. The number of ketones is 1. The molecule has 0 aromatic rings. The van der Waals surface area contributed by atoms with Gasteiger partial charge in [0.2, 0.25) is 5.54 Å². The Labute approximate surface area is 82.8 Å². The molecule has 2 bridgehead atoms. The molecule has 78 valence electrons. The summed E-state index contributed by atoms with van der Waals surface area (Å²) in [4.78, 5) is 22.7. The molecule has 0 amide bonds. The Kier molecular flexibility index (Phi) is 1.50. The van der Waals surface area contributed by atoms with Crippen LogP contribution >= 0.6 is 0 Å². The largest absolute Gasteiger partial charge is 0.299 e. The minimum absolute atomic E-state index is 0.0745. The molecule has 2 aliphatic rings. The molecule has 2 unspecified atom stereocenters. The second kappa shape index (κ2) is 2.18. The van der Waals surface area contributed by atoms with Crippen molar-refractivity contribution in [3.8, 4) is 0 Å². The van der Waals surface area contributed by atoms with Crippen LogP contribution in [0.4, 0.5) is 0 Å². The van der Waals surface area contributed by atoms with E-state index in [2.05, 4.69) is 0 Å². The number of rotatable bonds is 1. The van der Waals surface area contributed by atoms with Gasteiger partial charge in [-0.3, -0.25) is 14.9 Å². The summed E-state index contributed by atoms with van der Waals surface area (Å²) in [5, 5.41) is 11.1.